The number of fused-ring (bicyclic) bond motifs is 2. The number of aromatic nitrogens is 1. The average Bonchev–Trinajstić information content (AvgIpc) is 3.35. The van der Waals surface area contributed by atoms with Gasteiger partial charge in [-0.25, -0.2) is 4.90 Å². The fourth-order valence-corrected chi connectivity index (χ4v) is 7.51. The molecule has 1 fully saturated rings. The summed E-state index contributed by atoms with van der Waals surface area (Å²) < 4.78 is 0.873. The highest BCUT2D eigenvalue weighted by atomic mass is 79.9. The third kappa shape index (κ3) is 3.48. The lowest BCUT2D eigenvalue weighted by molar-refractivity contribution is -0.122. The monoisotopic (exact) mass is 548 g/mol. The number of thioether (sulfide) groups is 1. The molecule has 0 aliphatic carbocycles. The van der Waals surface area contributed by atoms with Gasteiger partial charge in [0.05, 0.1) is 16.6 Å². The molecule has 1 N–H and O–H groups in total. The van der Waals surface area contributed by atoms with Crippen molar-refractivity contribution in [1.82, 2.24) is 4.98 Å². The van der Waals surface area contributed by atoms with E-state index in [-0.39, 0.29) is 22.6 Å². The van der Waals surface area contributed by atoms with Gasteiger partial charge in [0.25, 0.3) is 0 Å². The van der Waals surface area contributed by atoms with Gasteiger partial charge in [-0.2, -0.15) is 0 Å². The molecule has 34 heavy (non-hydrogen) atoms. The van der Waals surface area contributed by atoms with E-state index in [0.29, 0.717) is 10.7 Å². The van der Waals surface area contributed by atoms with E-state index in [4.69, 9.17) is 0 Å². The smallest absolute Gasteiger partial charge is 0.305 e. The maximum absolute atomic E-state index is 13.7. The second kappa shape index (κ2) is 8.37. The number of carbonyl (C=O) groups excluding carboxylic acids is 2. The van der Waals surface area contributed by atoms with Gasteiger partial charge < -0.3 is 4.98 Å². The summed E-state index contributed by atoms with van der Waals surface area (Å²) in [6.07, 6.45) is 0. The second-order valence-electron chi connectivity index (χ2n) is 8.23. The second-order valence-corrected chi connectivity index (χ2v) is 11.3. The van der Waals surface area contributed by atoms with Gasteiger partial charge in [0.1, 0.15) is 5.25 Å². The number of thiazole rings is 1. The molecule has 3 aromatic carbocycles. The fourth-order valence-electron chi connectivity index (χ4n) is 4.73. The summed E-state index contributed by atoms with van der Waals surface area (Å²) in [6.45, 7) is 0. The van der Waals surface area contributed by atoms with Crippen molar-refractivity contribution in [1.29, 1.82) is 0 Å². The minimum absolute atomic E-state index is 0.173. The van der Waals surface area contributed by atoms with E-state index < -0.39 is 11.2 Å². The maximum atomic E-state index is 13.7. The van der Waals surface area contributed by atoms with E-state index in [0.717, 1.165) is 37.4 Å². The van der Waals surface area contributed by atoms with Crippen molar-refractivity contribution in [2.24, 2.45) is 5.92 Å². The molecule has 0 radical (unpaired) electrons. The molecule has 5 nitrogen and oxygen atoms in total. The molecular weight excluding hydrogens is 532 g/mol. The number of benzene rings is 3. The Hall–Kier alpha value is -2.94. The molecule has 1 aromatic heterocycles. The number of hydrogen-bond donors (Lipinski definition) is 1. The molecule has 0 saturated carbocycles. The normalized spacial score (nSPS) is 21.4. The van der Waals surface area contributed by atoms with Gasteiger partial charge in [0.15, 0.2) is 0 Å². The standard InChI is InChI=1S/C26H17BrN2O3S2/c27-17-10-12-18(13-11-17)29-24(30)20-19(21-23(28-26(32)34-21)33-22(20)25(29)31)16-8-6-15(7-9-16)14-4-2-1-3-5-14/h1-13,19-20,22H,(H,28,32). The van der Waals surface area contributed by atoms with E-state index in [1.165, 1.54) is 16.7 Å². The number of nitrogens with one attached hydrogen (secondary N) is 1. The Balaban J connectivity index is 1.44. The van der Waals surface area contributed by atoms with Crippen LogP contribution in [-0.2, 0) is 9.59 Å². The Morgan fingerprint density at radius 1 is 0.794 bits per heavy atom. The number of aromatic amines is 1. The van der Waals surface area contributed by atoms with E-state index in [2.05, 4.69) is 20.9 Å². The van der Waals surface area contributed by atoms with Gasteiger partial charge in [-0.1, -0.05) is 93.6 Å². The van der Waals surface area contributed by atoms with Crippen LogP contribution >= 0.6 is 39.0 Å². The SMILES string of the molecule is O=C1C2Sc3[nH]c(=O)sc3C(c3ccc(-c4ccccc4)cc3)C2C(=O)N1c1ccc(Br)cc1. The van der Waals surface area contributed by atoms with Crippen LogP contribution in [0.1, 0.15) is 16.4 Å². The molecule has 0 spiro atoms. The number of nitrogens with zero attached hydrogens (tertiary/aromatic N) is 1. The third-order valence-electron chi connectivity index (χ3n) is 6.29. The predicted octanol–water partition coefficient (Wildman–Crippen LogP) is 5.66. The Morgan fingerprint density at radius 2 is 1.47 bits per heavy atom. The zero-order valence-corrected chi connectivity index (χ0v) is 20.8. The van der Waals surface area contributed by atoms with Gasteiger partial charge in [-0.3, -0.25) is 14.4 Å². The highest BCUT2D eigenvalue weighted by molar-refractivity contribution is 9.10. The van der Waals surface area contributed by atoms with E-state index >= 15 is 0 Å². The topological polar surface area (TPSA) is 70.2 Å². The quantitative estimate of drug-likeness (QED) is 0.335. The van der Waals surface area contributed by atoms with Gasteiger partial charge in [0, 0.05) is 15.3 Å². The van der Waals surface area contributed by atoms with Gasteiger partial charge >= 0.3 is 4.87 Å². The zero-order chi connectivity index (χ0) is 23.4. The highest BCUT2D eigenvalue weighted by Crippen LogP contribution is 2.53. The van der Waals surface area contributed by atoms with E-state index in [1.807, 2.05) is 66.7 Å². The van der Waals surface area contributed by atoms with Crippen molar-refractivity contribution in [3.8, 4) is 11.1 Å². The van der Waals surface area contributed by atoms with Crippen molar-refractivity contribution in [3.63, 3.8) is 0 Å². The van der Waals surface area contributed by atoms with Crippen molar-refractivity contribution < 1.29 is 9.59 Å². The van der Waals surface area contributed by atoms with E-state index in [9.17, 15) is 14.4 Å². The first-order valence-electron chi connectivity index (χ1n) is 10.7. The molecule has 3 unspecified atom stereocenters. The predicted molar refractivity (Wildman–Crippen MR) is 138 cm³/mol. The third-order valence-corrected chi connectivity index (χ3v) is 9.22. The Bertz CT molecular complexity index is 1460. The Kier molecular flexibility index (Phi) is 5.32. The van der Waals surface area contributed by atoms with Crippen molar-refractivity contribution in [3.05, 3.63) is 103 Å². The van der Waals surface area contributed by atoms with Crippen LogP contribution in [0, 0.1) is 5.92 Å². The molecular formula is C26H17BrN2O3S2. The summed E-state index contributed by atoms with van der Waals surface area (Å²) in [7, 11) is 0. The van der Waals surface area contributed by atoms with E-state index in [1.54, 1.807) is 12.1 Å². The Labute approximate surface area is 212 Å². The summed E-state index contributed by atoms with van der Waals surface area (Å²) in [4.78, 5) is 44.2. The summed E-state index contributed by atoms with van der Waals surface area (Å²) in [5.74, 6) is -1.42. The van der Waals surface area contributed by atoms with Crippen LogP contribution in [0.5, 0.6) is 0 Å². The number of anilines is 1. The largest absolute Gasteiger partial charge is 0.307 e. The first-order valence-corrected chi connectivity index (χ1v) is 13.2. The molecule has 2 amide bonds. The van der Waals surface area contributed by atoms with Crippen molar-refractivity contribution in [2.75, 3.05) is 4.90 Å². The summed E-state index contributed by atoms with van der Waals surface area (Å²) in [5.41, 5.74) is 3.65. The molecule has 2 aliphatic rings. The lowest BCUT2D eigenvalue weighted by Crippen LogP contribution is -2.32. The average molecular weight is 549 g/mol. The van der Waals surface area contributed by atoms with Crippen LogP contribution in [0.4, 0.5) is 5.69 Å². The number of amides is 2. The van der Waals surface area contributed by atoms with Crippen molar-refractivity contribution in [2.45, 2.75) is 16.2 Å². The molecule has 2 aliphatic heterocycles. The minimum atomic E-state index is -0.590. The van der Waals surface area contributed by atoms with Gasteiger partial charge in [-0.05, 0) is 41.0 Å². The minimum Gasteiger partial charge on any atom is -0.307 e. The number of H-pyrrole nitrogens is 1. The lowest BCUT2D eigenvalue weighted by atomic mass is 9.82. The summed E-state index contributed by atoms with van der Waals surface area (Å²) >= 11 is 5.82. The van der Waals surface area contributed by atoms with Crippen LogP contribution in [-0.4, -0.2) is 22.0 Å². The van der Waals surface area contributed by atoms with Crippen LogP contribution in [0.3, 0.4) is 0 Å². The van der Waals surface area contributed by atoms with Crippen LogP contribution in [0.25, 0.3) is 11.1 Å². The first kappa shape index (κ1) is 21.6. The van der Waals surface area contributed by atoms with Gasteiger partial charge in [0.2, 0.25) is 11.8 Å². The maximum Gasteiger partial charge on any atom is 0.305 e. The summed E-state index contributed by atoms with van der Waals surface area (Å²) in [6, 6.07) is 25.3. The number of halogens is 1. The molecule has 8 heteroatoms. The highest BCUT2D eigenvalue weighted by Gasteiger charge is 2.56. The number of carbonyl (C=O) groups is 2. The summed E-state index contributed by atoms with van der Waals surface area (Å²) in [5, 5.41) is 0.0971. The Morgan fingerprint density at radius 3 is 2.18 bits per heavy atom. The van der Waals surface area contributed by atoms with Crippen LogP contribution in [0.15, 0.2) is 93.2 Å². The fraction of sp³-hybridized carbons (Fsp3) is 0.115. The molecule has 3 atom stereocenters. The zero-order valence-electron chi connectivity index (χ0n) is 17.6. The molecule has 4 aromatic rings. The van der Waals surface area contributed by atoms with Crippen LogP contribution in [0.2, 0.25) is 0 Å². The van der Waals surface area contributed by atoms with Crippen LogP contribution < -0.4 is 9.77 Å². The van der Waals surface area contributed by atoms with Gasteiger partial charge in [-0.15, -0.1) is 0 Å². The number of rotatable bonds is 3. The first-order chi connectivity index (χ1) is 16.5. The number of hydrogen-bond acceptors (Lipinski definition) is 5. The molecule has 6 rings (SSSR count). The molecule has 1 saturated heterocycles. The van der Waals surface area contributed by atoms with Crippen molar-refractivity contribution >= 4 is 56.5 Å². The lowest BCUT2D eigenvalue weighted by Gasteiger charge is -2.29. The number of imide groups is 1. The molecule has 3 heterocycles. The molecule has 0 bridgehead atoms. The molecule has 168 valence electrons.